The van der Waals surface area contributed by atoms with Crippen LogP contribution in [0.15, 0.2) is 35.6 Å². The third kappa shape index (κ3) is 3.38. The maximum Gasteiger partial charge on any atom is 0.269 e. The number of allylic oxidation sites excluding steroid dienone is 3. The molecule has 1 heterocycles. The number of ketones is 2. The first-order chi connectivity index (χ1) is 19.4. The number of aromatic nitrogens is 2. The molecule has 0 bridgehead atoms. The lowest BCUT2D eigenvalue weighted by atomic mass is 9.33. The van der Waals surface area contributed by atoms with Crippen LogP contribution in [0.25, 0.3) is 0 Å². The second-order valence-corrected chi connectivity index (χ2v) is 15.8. The summed E-state index contributed by atoms with van der Waals surface area (Å²) in [5.41, 5.74) is -3.67. The molecule has 5 aliphatic carbocycles. The highest BCUT2D eigenvalue weighted by Crippen LogP contribution is 2.75. The number of aromatic amines is 1. The number of hydrogen-bond acceptors (Lipinski definition) is 6. The van der Waals surface area contributed by atoms with Crippen molar-refractivity contribution in [2.45, 2.75) is 105 Å². The molecule has 8 heteroatoms. The van der Waals surface area contributed by atoms with E-state index in [1.54, 1.807) is 18.3 Å². The molecule has 6 rings (SSSR count). The van der Waals surface area contributed by atoms with Crippen LogP contribution in [0, 0.1) is 50.2 Å². The SMILES string of the molecule is CC1(C)C(=O)C(C#N)=C[C@]2(C)C3=CC(=O)[C@]4(O)[C@@H]5C[C@@](C)(NC(=O)c6ccn[nH]6)CC[C@]5(C)CC[C@@]4(C)[C@]3(C)CC[C@@H]12. The number of fused-ring (bicyclic) bond motifs is 7. The van der Waals surface area contributed by atoms with E-state index in [0.29, 0.717) is 18.5 Å². The first-order valence-corrected chi connectivity index (χ1v) is 15.4. The van der Waals surface area contributed by atoms with E-state index < -0.39 is 32.8 Å². The Morgan fingerprint density at radius 1 is 1.05 bits per heavy atom. The lowest BCUT2D eigenvalue weighted by Gasteiger charge is -2.71. The molecule has 0 aromatic carbocycles. The van der Waals surface area contributed by atoms with Crippen LogP contribution in [0.2, 0.25) is 0 Å². The molecular formula is C34H44N4O4. The number of H-pyrrole nitrogens is 1. The number of nitrogens with one attached hydrogen (secondary N) is 2. The summed E-state index contributed by atoms with van der Waals surface area (Å²) in [4.78, 5) is 40.9. The van der Waals surface area contributed by atoms with Gasteiger partial charge in [0.2, 0.25) is 0 Å². The molecule has 0 unspecified atom stereocenters. The van der Waals surface area contributed by atoms with Crippen LogP contribution in [-0.4, -0.2) is 43.9 Å². The third-order valence-corrected chi connectivity index (χ3v) is 13.4. The van der Waals surface area contributed by atoms with Crippen LogP contribution in [0.3, 0.4) is 0 Å². The van der Waals surface area contributed by atoms with Crippen LogP contribution in [-0.2, 0) is 9.59 Å². The molecule has 42 heavy (non-hydrogen) atoms. The molecule has 1 amide bonds. The molecule has 0 spiro atoms. The summed E-state index contributed by atoms with van der Waals surface area (Å²) >= 11 is 0. The van der Waals surface area contributed by atoms with Gasteiger partial charge in [-0.25, -0.2) is 0 Å². The van der Waals surface area contributed by atoms with Gasteiger partial charge in [0, 0.05) is 33.9 Å². The van der Waals surface area contributed by atoms with Crippen LogP contribution in [0.1, 0.15) is 104 Å². The van der Waals surface area contributed by atoms with Crippen molar-refractivity contribution in [1.29, 1.82) is 5.26 Å². The van der Waals surface area contributed by atoms with Crippen molar-refractivity contribution in [3.8, 4) is 6.07 Å². The van der Waals surface area contributed by atoms with Crippen LogP contribution in [0.5, 0.6) is 0 Å². The molecule has 224 valence electrons. The Bertz CT molecular complexity index is 1500. The Morgan fingerprint density at radius 2 is 1.74 bits per heavy atom. The van der Waals surface area contributed by atoms with Crippen LogP contribution >= 0.6 is 0 Å². The molecule has 0 aliphatic heterocycles. The van der Waals surface area contributed by atoms with E-state index in [1.807, 2.05) is 26.8 Å². The van der Waals surface area contributed by atoms with E-state index in [9.17, 15) is 24.8 Å². The standard InChI is InChI=1S/C34H44N4O4/c1-28(2)22-8-10-32(6)23(31(22,5)17-20(19-35)26(28)40)16-25(39)34(42)24-18-30(4,37-27(41)21-9-15-36-38-21)13-11-29(24,3)12-14-33(32,34)7/h9,15-17,22,24,42H,8,10-14,18H2,1-7H3,(H,36,38)(H,37,41)/t22-,24+,29+,30-,31-,32+,33-,34+/m0/s1. The maximum atomic E-state index is 14.6. The van der Waals surface area contributed by atoms with Crippen molar-refractivity contribution in [3.05, 3.63) is 41.3 Å². The predicted octanol–water partition coefficient (Wildman–Crippen LogP) is 5.23. The number of nitrogens with zero attached hydrogens (tertiary/aromatic N) is 2. The van der Waals surface area contributed by atoms with Crippen molar-refractivity contribution < 1.29 is 19.5 Å². The number of aliphatic hydroxyl groups is 1. The topological polar surface area (TPSA) is 136 Å². The number of Topliss-reactive ketones (excluding diaryl/α,β-unsaturated/α-hetero) is 1. The predicted molar refractivity (Wildman–Crippen MR) is 157 cm³/mol. The van der Waals surface area contributed by atoms with Gasteiger partial charge in [-0.15, -0.1) is 0 Å². The minimum absolute atomic E-state index is 0.0546. The van der Waals surface area contributed by atoms with E-state index in [4.69, 9.17) is 0 Å². The van der Waals surface area contributed by atoms with Gasteiger partial charge in [0.25, 0.3) is 5.91 Å². The Morgan fingerprint density at radius 3 is 2.38 bits per heavy atom. The average molecular weight is 573 g/mol. The Hall–Kier alpha value is -3.05. The number of amides is 1. The smallest absolute Gasteiger partial charge is 0.269 e. The molecule has 8 nitrogen and oxygen atoms in total. The maximum absolute atomic E-state index is 14.6. The van der Waals surface area contributed by atoms with Gasteiger partial charge in [0.05, 0.1) is 5.57 Å². The van der Waals surface area contributed by atoms with Gasteiger partial charge in [0.1, 0.15) is 17.4 Å². The lowest BCUT2D eigenvalue weighted by molar-refractivity contribution is -0.240. The van der Waals surface area contributed by atoms with E-state index in [-0.39, 0.29) is 40.3 Å². The number of carbonyl (C=O) groups is 3. The zero-order valence-electron chi connectivity index (χ0n) is 26.0. The average Bonchev–Trinajstić information content (AvgIpc) is 3.47. The van der Waals surface area contributed by atoms with Gasteiger partial charge in [-0.3, -0.25) is 19.5 Å². The second kappa shape index (κ2) is 8.53. The summed E-state index contributed by atoms with van der Waals surface area (Å²) in [6, 6.07) is 3.78. The largest absolute Gasteiger partial charge is 0.381 e. The summed E-state index contributed by atoms with van der Waals surface area (Å²) in [5, 5.41) is 32.8. The monoisotopic (exact) mass is 572 g/mol. The fraction of sp³-hybridized carbons (Fsp3) is 0.676. The van der Waals surface area contributed by atoms with E-state index in [1.165, 1.54) is 0 Å². The first-order valence-electron chi connectivity index (χ1n) is 15.4. The highest BCUT2D eigenvalue weighted by molar-refractivity contribution is 6.05. The van der Waals surface area contributed by atoms with Gasteiger partial charge < -0.3 is 10.4 Å². The second-order valence-electron chi connectivity index (χ2n) is 15.8. The fourth-order valence-corrected chi connectivity index (χ4v) is 10.6. The number of carbonyl (C=O) groups excluding carboxylic acids is 3. The molecular weight excluding hydrogens is 528 g/mol. The molecule has 0 radical (unpaired) electrons. The fourth-order valence-electron chi connectivity index (χ4n) is 10.6. The zero-order chi connectivity index (χ0) is 30.7. The van der Waals surface area contributed by atoms with E-state index in [2.05, 4.69) is 49.3 Å². The first kappa shape index (κ1) is 29.0. The molecule has 3 N–H and O–H groups in total. The van der Waals surface area contributed by atoms with Gasteiger partial charge in [0.15, 0.2) is 11.6 Å². The molecule has 1 aromatic rings. The molecule has 3 fully saturated rings. The normalized spacial score (nSPS) is 45.7. The molecule has 3 saturated carbocycles. The Kier molecular flexibility index (Phi) is 5.90. The van der Waals surface area contributed by atoms with Crippen LogP contribution in [0.4, 0.5) is 0 Å². The van der Waals surface area contributed by atoms with Gasteiger partial charge in [-0.1, -0.05) is 47.6 Å². The summed E-state index contributed by atoms with van der Waals surface area (Å²) in [6.45, 7) is 14.5. The van der Waals surface area contributed by atoms with Gasteiger partial charge >= 0.3 is 0 Å². The molecule has 8 atom stereocenters. The molecule has 0 saturated heterocycles. The Balaban J connectivity index is 1.46. The highest BCUT2D eigenvalue weighted by Gasteiger charge is 2.75. The molecule has 5 aliphatic rings. The van der Waals surface area contributed by atoms with Crippen molar-refractivity contribution in [2.24, 2.45) is 38.9 Å². The lowest BCUT2D eigenvalue weighted by Crippen LogP contribution is -2.74. The van der Waals surface area contributed by atoms with Gasteiger partial charge in [-0.05, 0) is 86.3 Å². The van der Waals surface area contributed by atoms with E-state index >= 15 is 0 Å². The molecule has 1 aromatic heterocycles. The minimum Gasteiger partial charge on any atom is -0.381 e. The van der Waals surface area contributed by atoms with Crippen LogP contribution < -0.4 is 5.32 Å². The number of rotatable bonds is 2. The minimum atomic E-state index is -1.62. The summed E-state index contributed by atoms with van der Waals surface area (Å²) in [5.74, 6) is -1.06. The highest BCUT2D eigenvalue weighted by atomic mass is 16.3. The number of nitriles is 1. The van der Waals surface area contributed by atoms with Crippen molar-refractivity contribution in [2.75, 3.05) is 0 Å². The third-order valence-electron chi connectivity index (χ3n) is 13.4. The quantitative estimate of drug-likeness (QED) is 0.444. The summed E-state index contributed by atoms with van der Waals surface area (Å²) in [7, 11) is 0. The summed E-state index contributed by atoms with van der Waals surface area (Å²) < 4.78 is 0. The number of hydrogen-bond donors (Lipinski definition) is 3. The summed E-state index contributed by atoms with van der Waals surface area (Å²) in [6.07, 6.45) is 10.2. The van der Waals surface area contributed by atoms with Crippen molar-refractivity contribution in [1.82, 2.24) is 15.5 Å². The van der Waals surface area contributed by atoms with Crippen molar-refractivity contribution in [3.63, 3.8) is 0 Å². The van der Waals surface area contributed by atoms with Gasteiger partial charge in [-0.2, -0.15) is 10.4 Å². The Labute approximate surface area is 248 Å². The van der Waals surface area contributed by atoms with Crippen molar-refractivity contribution >= 4 is 17.5 Å². The zero-order valence-corrected chi connectivity index (χ0v) is 26.0. The van der Waals surface area contributed by atoms with E-state index in [0.717, 1.165) is 37.7 Å².